The van der Waals surface area contributed by atoms with Gasteiger partial charge in [-0.3, -0.25) is 4.79 Å². The Labute approximate surface area is 293 Å². The van der Waals surface area contributed by atoms with E-state index in [2.05, 4.69) is 17.7 Å². The highest BCUT2D eigenvalue weighted by Gasteiger charge is 2.81. The molecular formula is C38H51F9O4. The number of carbonyl (C=O) groups is 1. The molecule has 7 atom stereocenters. The molecule has 1 spiro atoms. The molecule has 0 aromatic heterocycles. The lowest BCUT2D eigenvalue weighted by Crippen LogP contribution is -2.60. The van der Waals surface area contributed by atoms with E-state index in [1.165, 1.54) is 11.1 Å². The summed E-state index contributed by atoms with van der Waals surface area (Å²) in [5, 5.41) is 21.4. The van der Waals surface area contributed by atoms with Crippen LogP contribution in [0.15, 0.2) is 18.2 Å². The van der Waals surface area contributed by atoms with Crippen molar-refractivity contribution in [3.05, 3.63) is 29.3 Å². The summed E-state index contributed by atoms with van der Waals surface area (Å²) in [6.45, 7) is 2.42. The molecule has 4 aliphatic carbocycles. The van der Waals surface area contributed by atoms with Gasteiger partial charge in [0.05, 0.1) is 19.1 Å². The standard InChI is InChI=1S/C38H51F9O4/c1-33-16-15-28-27-13-12-26(48)21-25(27)20-24(31(28)29(33)22-30(49)34(33)18-19-34)11-9-7-5-3-4-6-8-10-23(32(50)51-2)14-17-35(39,40)36(41,42)37(43,44)38(45,46)47/h12-13,21,23-24,28-31,48-49H,3-11,14-20,22H2,1-2H3/t23?,24?,28?,29?,30-,31?,33+/m1/s1. The number of aliphatic hydroxyl groups is 1. The first-order valence-corrected chi connectivity index (χ1v) is 18.5. The van der Waals surface area contributed by atoms with Crippen molar-refractivity contribution in [1.29, 1.82) is 0 Å². The Morgan fingerprint density at radius 1 is 0.902 bits per heavy atom. The van der Waals surface area contributed by atoms with Crippen molar-refractivity contribution in [2.45, 2.75) is 152 Å². The lowest BCUT2D eigenvalue weighted by molar-refractivity contribution is -0.396. The van der Waals surface area contributed by atoms with Crippen molar-refractivity contribution in [2.24, 2.45) is 34.5 Å². The second-order valence-corrected chi connectivity index (χ2v) is 16.2. The van der Waals surface area contributed by atoms with E-state index in [9.17, 15) is 54.5 Å². The number of halogens is 9. The minimum absolute atomic E-state index is 0.0542. The third kappa shape index (κ3) is 7.23. The van der Waals surface area contributed by atoms with Crippen LogP contribution in [0, 0.1) is 34.5 Å². The fraction of sp³-hybridized carbons (Fsp3) is 0.816. The number of rotatable bonds is 16. The van der Waals surface area contributed by atoms with Crippen LogP contribution < -0.4 is 0 Å². The number of ether oxygens (including phenoxy) is 1. The van der Waals surface area contributed by atoms with E-state index in [-0.39, 0.29) is 29.1 Å². The lowest BCUT2D eigenvalue weighted by Gasteiger charge is -2.54. The number of aromatic hydroxyl groups is 1. The van der Waals surface area contributed by atoms with Gasteiger partial charge in [-0.25, -0.2) is 0 Å². The molecule has 5 unspecified atom stereocenters. The first-order valence-electron chi connectivity index (χ1n) is 18.5. The van der Waals surface area contributed by atoms with Gasteiger partial charge in [0.25, 0.3) is 0 Å². The minimum atomic E-state index is -6.95. The van der Waals surface area contributed by atoms with Gasteiger partial charge in [-0.1, -0.05) is 57.9 Å². The Balaban J connectivity index is 1.07. The number of carbonyl (C=O) groups excluding carboxylic acids is 1. The van der Waals surface area contributed by atoms with Crippen molar-refractivity contribution < 1.29 is 59.3 Å². The zero-order valence-electron chi connectivity index (χ0n) is 29.3. The van der Waals surface area contributed by atoms with Crippen LogP contribution in [0.4, 0.5) is 39.5 Å². The molecule has 51 heavy (non-hydrogen) atoms. The molecule has 3 saturated carbocycles. The van der Waals surface area contributed by atoms with Gasteiger partial charge in [-0.05, 0) is 110 Å². The molecule has 3 fully saturated rings. The maximum Gasteiger partial charge on any atom is 0.460 e. The molecule has 2 N–H and O–H groups in total. The molecule has 13 heteroatoms. The van der Waals surface area contributed by atoms with Crippen LogP contribution in [0.5, 0.6) is 5.75 Å². The normalized spacial score (nSPS) is 29.3. The van der Waals surface area contributed by atoms with Crippen molar-refractivity contribution in [2.75, 3.05) is 7.11 Å². The highest BCUT2D eigenvalue weighted by atomic mass is 19.4. The smallest absolute Gasteiger partial charge is 0.460 e. The van der Waals surface area contributed by atoms with Gasteiger partial charge in [0.2, 0.25) is 0 Å². The maximum absolute atomic E-state index is 14.0. The predicted molar refractivity (Wildman–Crippen MR) is 172 cm³/mol. The minimum Gasteiger partial charge on any atom is -0.508 e. The summed E-state index contributed by atoms with van der Waals surface area (Å²) in [6.07, 6.45) is 2.51. The van der Waals surface area contributed by atoms with Crippen LogP contribution in [0.1, 0.15) is 127 Å². The van der Waals surface area contributed by atoms with Gasteiger partial charge in [0.15, 0.2) is 0 Å². The van der Waals surface area contributed by atoms with Gasteiger partial charge < -0.3 is 14.9 Å². The number of hydrogen-bond acceptors (Lipinski definition) is 4. The van der Waals surface area contributed by atoms with Crippen molar-refractivity contribution in [1.82, 2.24) is 0 Å². The molecule has 290 valence electrons. The van der Waals surface area contributed by atoms with E-state index < -0.39 is 48.7 Å². The molecule has 4 aliphatic rings. The largest absolute Gasteiger partial charge is 0.508 e. The molecule has 0 radical (unpaired) electrons. The van der Waals surface area contributed by atoms with Gasteiger partial charge in [-0.15, -0.1) is 0 Å². The summed E-state index contributed by atoms with van der Waals surface area (Å²) in [4.78, 5) is 12.1. The molecular weight excluding hydrogens is 691 g/mol. The maximum atomic E-state index is 14.0. The van der Waals surface area contributed by atoms with Crippen LogP contribution in [0.2, 0.25) is 0 Å². The Bertz CT molecular complexity index is 1380. The second-order valence-electron chi connectivity index (χ2n) is 16.2. The van der Waals surface area contributed by atoms with Crippen molar-refractivity contribution >= 4 is 5.97 Å². The summed E-state index contributed by atoms with van der Waals surface area (Å²) >= 11 is 0. The molecule has 0 heterocycles. The molecule has 5 rings (SSSR count). The number of phenols is 1. The van der Waals surface area contributed by atoms with Crippen LogP contribution in [-0.2, 0) is 16.0 Å². The van der Waals surface area contributed by atoms with Crippen LogP contribution >= 0.6 is 0 Å². The Kier molecular flexibility index (Phi) is 11.4. The number of hydrogen-bond donors (Lipinski definition) is 2. The monoisotopic (exact) mass is 742 g/mol. The lowest BCUT2D eigenvalue weighted by atomic mass is 9.50. The van der Waals surface area contributed by atoms with Gasteiger partial charge in [0.1, 0.15) is 5.75 Å². The average Bonchev–Trinajstić information content (AvgIpc) is 3.84. The molecule has 0 saturated heterocycles. The van der Waals surface area contributed by atoms with Crippen molar-refractivity contribution in [3.8, 4) is 5.75 Å². The zero-order chi connectivity index (χ0) is 37.6. The third-order valence-electron chi connectivity index (χ3n) is 13.5. The topological polar surface area (TPSA) is 66.8 Å². The van der Waals surface area contributed by atoms with Crippen molar-refractivity contribution in [3.63, 3.8) is 0 Å². The van der Waals surface area contributed by atoms with Gasteiger partial charge in [-0.2, -0.15) is 39.5 Å². The number of fused-ring (bicyclic) bond motifs is 6. The molecule has 0 bridgehead atoms. The van der Waals surface area contributed by atoms with E-state index in [0.717, 1.165) is 84.2 Å². The molecule has 1 aromatic rings. The predicted octanol–water partition coefficient (Wildman–Crippen LogP) is 10.8. The fourth-order valence-corrected chi connectivity index (χ4v) is 10.5. The highest BCUT2D eigenvalue weighted by Crippen LogP contribution is 2.76. The van der Waals surface area contributed by atoms with E-state index in [0.29, 0.717) is 36.5 Å². The number of esters is 1. The third-order valence-corrected chi connectivity index (χ3v) is 13.5. The summed E-state index contributed by atoms with van der Waals surface area (Å²) in [5.41, 5.74) is 2.81. The number of unbranched alkanes of at least 4 members (excludes halogenated alkanes) is 6. The SMILES string of the molecule is COC(=O)C(CCCCCCCCCC1Cc2cc(O)ccc2C2CC[C@@]3(C)C(C[C@@H](O)C34CC4)C12)CCC(F)(F)C(F)(F)C(F)(F)C(F)(F)F. The quantitative estimate of drug-likeness (QED) is 0.101. The van der Waals surface area contributed by atoms with E-state index in [1.807, 2.05) is 6.07 Å². The summed E-state index contributed by atoms with van der Waals surface area (Å²) in [5.74, 6) is -19.6. The van der Waals surface area contributed by atoms with Crippen LogP contribution in [-0.4, -0.2) is 53.3 Å². The van der Waals surface area contributed by atoms with Crippen LogP contribution in [0.3, 0.4) is 0 Å². The molecule has 0 amide bonds. The fourth-order valence-electron chi connectivity index (χ4n) is 10.5. The first-order chi connectivity index (χ1) is 23.7. The zero-order valence-corrected chi connectivity index (χ0v) is 29.3. The summed E-state index contributed by atoms with van der Waals surface area (Å²) in [6, 6.07) is 5.80. The van der Waals surface area contributed by atoms with E-state index in [4.69, 9.17) is 0 Å². The Morgan fingerprint density at radius 3 is 2.14 bits per heavy atom. The highest BCUT2D eigenvalue weighted by molar-refractivity contribution is 5.72. The average molecular weight is 743 g/mol. The van der Waals surface area contributed by atoms with E-state index >= 15 is 0 Å². The Hall–Kier alpha value is -2.18. The number of aliphatic hydroxyl groups excluding tert-OH is 1. The second kappa shape index (κ2) is 14.6. The molecule has 4 nitrogen and oxygen atoms in total. The molecule has 0 aliphatic heterocycles. The molecule has 1 aromatic carbocycles. The van der Waals surface area contributed by atoms with E-state index in [1.54, 1.807) is 6.07 Å². The summed E-state index contributed by atoms with van der Waals surface area (Å²) < 4.78 is 124. The Morgan fingerprint density at radius 2 is 1.53 bits per heavy atom. The number of phenolic OH excluding ortho intramolecular Hbond substituents is 1. The summed E-state index contributed by atoms with van der Waals surface area (Å²) in [7, 11) is 0.948. The number of benzene rings is 1. The van der Waals surface area contributed by atoms with Gasteiger partial charge in [0, 0.05) is 11.8 Å². The van der Waals surface area contributed by atoms with Gasteiger partial charge >= 0.3 is 29.9 Å². The number of methoxy groups -OCH3 is 1. The van der Waals surface area contributed by atoms with Crippen LogP contribution in [0.25, 0.3) is 0 Å². The first kappa shape index (κ1) is 40.0. The number of alkyl halides is 9.